The van der Waals surface area contributed by atoms with Gasteiger partial charge in [-0.1, -0.05) is 0 Å². The molecule has 0 radical (unpaired) electrons. The van der Waals surface area contributed by atoms with Crippen molar-refractivity contribution in [1.82, 2.24) is 14.8 Å². The number of alkyl halides is 3. The first kappa shape index (κ1) is 15.9. The second-order valence-electron chi connectivity index (χ2n) is 4.32. The summed E-state index contributed by atoms with van der Waals surface area (Å²) in [6.07, 6.45) is -2.96. The largest absolute Gasteiger partial charge is 0.405 e. The van der Waals surface area contributed by atoms with E-state index in [1.54, 1.807) is 12.4 Å². The number of nitrogens with zero attached hydrogens (tertiary/aromatic N) is 2. The van der Waals surface area contributed by atoms with Crippen molar-refractivity contribution >= 4 is 17.5 Å². The van der Waals surface area contributed by atoms with E-state index in [1.165, 1.54) is 23.9 Å². The zero-order valence-corrected chi connectivity index (χ0v) is 11.0. The van der Waals surface area contributed by atoms with E-state index in [1.807, 2.05) is 0 Å². The van der Waals surface area contributed by atoms with Crippen molar-refractivity contribution in [2.75, 3.05) is 25.9 Å². The molecule has 112 valence electrons. The minimum absolute atomic E-state index is 0.244. The van der Waals surface area contributed by atoms with Crippen molar-refractivity contribution in [3.05, 3.63) is 18.0 Å². The van der Waals surface area contributed by atoms with E-state index in [0.29, 0.717) is 5.69 Å². The number of carbonyl (C=O) groups is 2. The molecule has 6 nitrogen and oxygen atoms in total. The Morgan fingerprint density at radius 1 is 1.45 bits per heavy atom. The first-order valence-electron chi connectivity index (χ1n) is 5.61. The van der Waals surface area contributed by atoms with Crippen LogP contribution in [0, 0.1) is 0 Å². The Hall–Kier alpha value is -2.19. The molecule has 1 aromatic rings. The summed E-state index contributed by atoms with van der Waals surface area (Å²) >= 11 is 0. The van der Waals surface area contributed by atoms with Crippen molar-refractivity contribution in [1.29, 1.82) is 0 Å². The molecule has 9 heteroatoms. The van der Waals surface area contributed by atoms with Crippen LogP contribution in [-0.2, 0) is 11.8 Å². The molecule has 0 saturated heterocycles. The van der Waals surface area contributed by atoms with Gasteiger partial charge in [0.25, 0.3) is 5.91 Å². The summed E-state index contributed by atoms with van der Waals surface area (Å²) in [6.45, 7) is -1.90. The fourth-order valence-corrected chi connectivity index (χ4v) is 1.54. The van der Waals surface area contributed by atoms with Crippen LogP contribution in [0.15, 0.2) is 12.3 Å². The standard InChI is InChI=1S/C11H15F3N4O2/c1-17-4-7(15)3-8(17)10(20)18(2)5-9(19)16-6-11(12,13)14/h3-4H,5-6,15H2,1-2H3,(H,16,19). The smallest absolute Gasteiger partial charge is 0.397 e. The Labute approximate surface area is 113 Å². The molecule has 1 heterocycles. The molecule has 2 amide bonds. The highest BCUT2D eigenvalue weighted by Gasteiger charge is 2.28. The number of anilines is 1. The summed E-state index contributed by atoms with van der Waals surface area (Å²) in [5.74, 6) is -1.40. The average Bonchev–Trinajstić information content (AvgIpc) is 2.64. The summed E-state index contributed by atoms with van der Waals surface area (Å²) in [7, 11) is 2.92. The zero-order chi connectivity index (χ0) is 15.5. The van der Waals surface area contributed by atoms with Crippen molar-refractivity contribution in [2.24, 2.45) is 7.05 Å². The zero-order valence-electron chi connectivity index (χ0n) is 11.0. The SMILES string of the molecule is CN(CC(=O)NCC(F)(F)F)C(=O)c1cc(N)cn1C. The minimum atomic E-state index is -4.48. The van der Waals surface area contributed by atoms with Crippen molar-refractivity contribution in [3.8, 4) is 0 Å². The first-order valence-corrected chi connectivity index (χ1v) is 5.61. The van der Waals surface area contributed by atoms with Crippen LogP contribution >= 0.6 is 0 Å². The van der Waals surface area contributed by atoms with E-state index in [0.717, 1.165) is 4.90 Å². The lowest BCUT2D eigenvalue weighted by Gasteiger charge is -2.17. The third-order valence-electron chi connectivity index (χ3n) is 2.46. The van der Waals surface area contributed by atoms with Gasteiger partial charge in [-0.15, -0.1) is 0 Å². The van der Waals surface area contributed by atoms with E-state index < -0.39 is 31.1 Å². The number of carbonyl (C=O) groups excluding carboxylic acids is 2. The number of amides is 2. The third-order valence-corrected chi connectivity index (χ3v) is 2.46. The van der Waals surface area contributed by atoms with Crippen molar-refractivity contribution < 1.29 is 22.8 Å². The fourth-order valence-electron chi connectivity index (χ4n) is 1.54. The van der Waals surface area contributed by atoms with Gasteiger partial charge in [0.15, 0.2) is 0 Å². The van der Waals surface area contributed by atoms with E-state index >= 15 is 0 Å². The van der Waals surface area contributed by atoms with Gasteiger partial charge in [0, 0.05) is 20.3 Å². The van der Waals surface area contributed by atoms with Crippen LogP contribution in [0.1, 0.15) is 10.5 Å². The summed E-state index contributed by atoms with van der Waals surface area (Å²) in [5, 5.41) is 1.69. The molecule has 0 spiro atoms. The number of likely N-dealkylation sites (N-methyl/N-ethyl adjacent to an activating group) is 1. The topological polar surface area (TPSA) is 80.4 Å². The van der Waals surface area contributed by atoms with Crippen LogP contribution in [0.2, 0.25) is 0 Å². The van der Waals surface area contributed by atoms with Crippen LogP contribution in [0.5, 0.6) is 0 Å². The molecular weight excluding hydrogens is 277 g/mol. The highest BCUT2D eigenvalue weighted by molar-refractivity contribution is 5.95. The molecule has 0 unspecified atom stereocenters. The van der Waals surface area contributed by atoms with Crippen LogP contribution in [0.4, 0.5) is 18.9 Å². The molecule has 0 aliphatic heterocycles. The second-order valence-corrected chi connectivity index (χ2v) is 4.32. The molecule has 3 N–H and O–H groups in total. The number of aryl methyl sites for hydroxylation is 1. The maximum Gasteiger partial charge on any atom is 0.405 e. The summed E-state index contributed by atoms with van der Waals surface area (Å²) in [6, 6.07) is 1.42. The fraction of sp³-hybridized carbons (Fsp3) is 0.455. The van der Waals surface area contributed by atoms with Gasteiger partial charge in [-0.3, -0.25) is 9.59 Å². The Bertz CT molecular complexity index is 510. The molecule has 0 fully saturated rings. The van der Waals surface area contributed by atoms with E-state index in [-0.39, 0.29) is 5.69 Å². The van der Waals surface area contributed by atoms with Crippen LogP contribution < -0.4 is 11.1 Å². The highest BCUT2D eigenvalue weighted by Crippen LogP contribution is 2.12. The Balaban J connectivity index is 2.58. The maximum absolute atomic E-state index is 12.0. The molecule has 1 rings (SSSR count). The molecule has 20 heavy (non-hydrogen) atoms. The number of halogens is 3. The van der Waals surface area contributed by atoms with Gasteiger partial charge in [-0.05, 0) is 6.07 Å². The maximum atomic E-state index is 12.0. The molecule has 0 aliphatic carbocycles. The summed E-state index contributed by atoms with van der Waals surface area (Å²) < 4.78 is 37.2. The normalized spacial score (nSPS) is 11.2. The van der Waals surface area contributed by atoms with Gasteiger partial charge in [-0.25, -0.2) is 0 Å². The number of nitrogens with two attached hydrogens (primary N) is 1. The van der Waals surface area contributed by atoms with Gasteiger partial charge in [0.05, 0.1) is 12.2 Å². The van der Waals surface area contributed by atoms with Gasteiger partial charge < -0.3 is 20.5 Å². The van der Waals surface area contributed by atoms with Gasteiger partial charge in [0.1, 0.15) is 12.2 Å². The Morgan fingerprint density at radius 3 is 2.50 bits per heavy atom. The number of aromatic nitrogens is 1. The summed E-state index contributed by atoms with van der Waals surface area (Å²) in [4.78, 5) is 24.3. The van der Waals surface area contributed by atoms with Gasteiger partial charge in [0.2, 0.25) is 5.91 Å². The lowest BCUT2D eigenvalue weighted by atomic mass is 10.3. The van der Waals surface area contributed by atoms with E-state index in [4.69, 9.17) is 5.73 Å². The first-order chi connectivity index (χ1) is 9.10. The number of nitrogens with one attached hydrogen (secondary N) is 1. The van der Waals surface area contributed by atoms with Gasteiger partial charge >= 0.3 is 6.18 Å². The minimum Gasteiger partial charge on any atom is -0.397 e. The summed E-state index contributed by atoms with van der Waals surface area (Å²) in [5.41, 5.74) is 6.14. The lowest BCUT2D eigenvalue weighted by molar-refractivity contribution is -0.138. The monoisotopic (exact) mass is 292 g/mol. The predicted octanol–water partition coefficient (Wildman–Crippen LogP) is 0.358. The van der Waals surface area contributed by atoms with Crippen LogP contribution in [-0.4, -0.2) is 47.6 Å². The molecule has 0 bridgehead atoms. The molecule has 0 atom stereocenters. The van der Waals surface area contributed by atoms with Crippen LogP contribution in [0.25, 0.3) is 0 Å². The number of rotatable bonds is 4. The molecular formula is C11H15F3N4O2. The average molecular weight is 292 g/mol. The van der Waals surface area contributed by atoms with Gasteiger partial charge in [-0.2, -0.15) is 13.2 Å². The van der Waals surface area contributed by atoms with Crippen molar-refractivity contribution in [2.45, 2.75) is 6.18 Å². The Kier molecular flexibility index (Phi) is 4.64. The quantitative estimate of drug-likeness (QED) is 0.840. The van der Waals surface area contributed by atoms with Crippen molar-refractivity contribution in [3.63, 3.8) is 0 Å². The second kappa shape index (κ2) is 5.85. The number of hydrogen-bond donors (Lipinski definition) is 2. The number of hydrogen-bond acceptors (Lipinski definition) is 3. The molecule has 1 aromatic heterocycles. The van der Waals surface area contributed by atoms with E-state index in [9.17, 15) is 22.8 Å². The molecule has 0 aliphatic rings. The molecule has 0 aromatic carbocycles. The van der Waals surface area contributed by atoms with Crippen LogP contribution in [0.3, 0.4) is 0 Å². The third kappa shape index (κ3) is 4.48. The predicted molar refractivity (Wildman–Crippen MR) is 65.9 cm³/mol. The number of nitrogen functional groups attached to an aromatic ring is 1. The lowest BCUT2D eigenvalue weighted by Crippen LogP contribution is -2.42. The Morgan fingerprint density at radius 2 is 2.05 bits per heavy atom. The van der Waals surface area contributed by atoms with E-state index in [2.05, 4.69) is 0 Å². The highest BCUT2D eigenvalue weighted by atomic mass is 19.4. The molecule has 0 saturated carbocycles.